The number of carboxylic acids is 1. The quantitative estimate of drug-likeness (QED) is 0.255. The van der Waals surface area contributed by atoms with Gasteiger partial charge in [0.15, 0.2) is 0 Å². The van der Waals surface area contributed by atoms with Crippen molar-refractivity contribution in [3.05, 3.63) is 11.6 Å². The lowest BCUT2D eigenvalue weighted by molar-refractivity contribution is -0.213. The van der Waals surface area contributed by atoms with Crippen LogP contribution in [0.1, 0.15) is 133 Å². The van der Waals surface area contributed by atoms with Crippen molar-refractivity contribution in [3.63, 3.8) is 0 Å². The number of hydrogen-bond donors (Lipinski definition) is 2. The monoisotopic (exact) mass is 583 g/mol. The Kier molecular flexibility index (Phi) is 7.20. The maximum Gasteiger partial charge on any atom is 0.309 e. The van der Waals surface area contributed by atoms with Gasteiger partial charge in [-0.2, -0.15) is 0 Å². The number of hydrogen-bond acceptors (Lipinski definition) is 4. The molecule has 0 bridgehead atoms. The molecule has 4 fully saturated rings. The first-order valence-electron chi connectivity index (χ1n) is 16.6. The number of carbonyl (C=O) groups excluding carboxylic acids is 2. The number of esters is 1. The maximum atomic E-state index is 13.1. The normalized spacial score (nSPS) is 43.9. The second-order valence-corrected chi connectivity index (χ2v) is 17.9. The highest BCUT2D eigenvalue weighted by atomic mass is 16.5. The number of carboxylic acid groups (broad SMARTS) is 1. The minimum atomic E-state index is -1.14. The van der Waals surface area contributed by atoms with Crippen LogP contribution in [0.5, 0.6) is 0 Å². The Balaban J connectivity index is 1.45. The first-order valence-corrected chi connectivity index (χ1v) is 16.6. The summed E-state index contributed by atoms with van der Waals surface area (Å²) in [5, 5.41) is 9.52. The van der Waals surface area contributed by atoms with E-state index in [-0.39, 0.29) is 51.4 Å². The lowest BCUT2D eigenvalue weighted by atomic mass is 9.33. The Morgan fingerprint density at radius 2 is 1.57 bits per heavy atom. The number of fused-ring (bicyclic) bond motifs is 7. The number of ether oxygens (including phenoxy) is 1. The molecular weight excluding hydrogens is 526 g/mol. The van der Waals surface area contributed by atoms with Crippen LogP contribution in [0.2, 0.25) is 0 Å². The summed E-state index contributed by atoms with van der Waals surface area (Å²) in [4.78, 5) is 37.7. The molecule has 236 valence electrons. The minimum Gasteiger partial charge on any atom is -0.481 e. The van der Waals surface area contributed by atoms with Crippen molar-refractivity contribution in [2.75, 3.05) is 0 Å². The fraction of sp³-hybridized carbons (Fsp3) is 0.861. The summed E-state index contributed by atoms with van der Waals surface area (Å²) < 4.78 is 6.11. The van der Waals surface area contributed by atoms with Gasteiger partial charge in [0, 0.05) is 5.41 Å². The molecule has 5 aliphatic carbocycles. The van der Waals surface area contributed by atoms with Gasteiger partial charge < -0.3 is 15.6 Å². The third-order valence-electron chi connectivity index (χ3n) is 14.5. The SMILES string of the molecule is CC1(C)CCC2(C(N)=O)CC[C@]3(C)C(=CC[C@@H]4[C@@]5(C)CC[C@H](OC(=O)CC(C)(C)C(=O)O)C(C)(C)[C@@H]5CC[C@]43C)[C@@H]2C1. The number of aliphatic carboxylic acids is 1. The van der Waals surface area contributed by atoms with Gasteiger partial charge in [0.1, 0.15) is 6.10 Å². The zero-order valence-corrected chi connectivity index (χ0v) is 27.8. The predicted molar refractivity (Wildman–Crippen MR) is 164 cm³/mol. The molecule has 0 aliphatic heterocycles. The second kappa shape index (κ2) is 9.57. The molecule has 42 heavy (non-hydrogen) atoms. The van der Waals surface area contributed by atoms with Crippen molar-refractivity contribution in [1.29, 1.82) is 0 Å². The van der Waals surface area contributed by atoms with E-state index in [1.807, 2.05) is 0 Å². The Labute approximate surface area is 254 Å². The van der Waals surface area contributed by atoms with Gasteiger partial charge in [-0.25, -0.2) is 0 Å². The van der Waals surface area contributed by atoms with Crippen LogP contribution in [0, 0.1) is 55.7 Å². The molecule has 6 heteroatoms. The molecule has 4 saturated carbocycles. The van der Waals surface area contributed by atoms with Gasteiger partial charge in [0.25, 0.3) is 0 Å². The highest BCUT2D eigenvalue weighted by molar-refractivity contribution is 5.82. The van der Waals surface area contributed by atoms with E-state index < -0.39 is 22.8 Å². The molecule has 8 atom stereocenters. The Bertz CT molecular complexity index is 1200. The molecule has 0 aromatic heterocycles. The zero-order chi connectivity index (χ0) is 31.3. The van der Waals surface area contributed by atoms with E-state index in [4.69, 9.17) is 10.5 Å². The van der Waals surface area contributed by atoms with Crippen LogP contribution in [0.25, 0.3) is 0 Å². The Morgan fingerprint density at radius 3 is 2.19 bits per heavy atom. The largest absolute Gasteiger partial charge is 0.481 e. The van der Waals surface area contributed by atoms with Gasteiger partial charge in [-0.15, -0.1) is 0 Å². The van der Waals surface area contributed by atoms with Crippen molar-refractivity contribution in [2.45, 2.75) is 139 Å². The summed E-state index contributed by atoms with van der Waals surface area (Å²) in [5.74, 6) is -0.317. The van der Waals surface area contributed by atoms with Gasteiger partial charge in [0.05, 0.1) is 17.3 Å². The lowest BCUT2D eigenvalue weighted by Crippen LogP contribution is -2.65. The van der Waals surface area contributed by atoms with Crippen molar-refractivity contribution in [1.82, 2.24) is 0 Å². The average Bonchev–Trinajstić information content (AvgIpc) is 2.85. The minimum absolute atomic E-state index is 0.0385. The number of carbonyl (C=O) groups is 3. The third kappa shape index (κ3) is 4.34. The van der Waals surface area contributed by atoms with Gasteiger partial charge in [-0.05, 0) is 117 Å². The van der Waals surface area contributed by atoms with Crippen LogP contribution in [0.4, 0.5) is 0 Å². The van der Waals surface area contributed by atoms with E-state index in [1.54, 1.807) is 13.8 Å². The van der Waals surface area contributed by atoms with Crippen molar-refractivity contribution >= 4 is 17.8 Å². The molecule has 0 aromatic rings. The van der Waals surface area contributed by atoms with Crippen LogP contribution in [0.15, 0.2) is 11.6 Å². The van der Waals surface area contributed by atoms with E-state index in [1.165, 1.54) is 5.57 Å². The number of allylic oxidation sites excluding steroid dienone is 2. The molecule has 3 N–H and O–H groups in total. The molecule has 5 aliphatic rings. The van der Waals surface area contributed by atoms with Gasteiger partial charge >= 0.3 is 11.9 Å². The highest BCUT2D eigenvalue weighted by Crippen LogP contribution is 2.75. The standard InChI is InChI=1S/C36H57NO5/c1-30(2)16-18-36(28(37)39)19-17-34(8)22(23(36)20-30)10-11-25-33(7)14-13-26(42-27(38)21-31(3,4)29(40)41)32(5,6)24(33)12-15-35(25,34)9/h10,23-26H,11-21H2,1-9H3,(H2,37,39)(H,40,41)/t23-,24-,25+,26-,33-,34+,35+,36?/m0/s1. The summed E-state index contributed by atoms with van der Waals surface area (Å²) in [5.41, 5.74) is 6.50. The topological polar surface area (TPSA) is 107 Å². The molecule has 1 unspecified atom stereocenters. The number of rotatable bonds is 5. The molecule has 0 spiro atoms. The molecule has 0 heterocycles. The van der Waals surface area contributed by atoms with Crippen molar-refractivity contribution in [2.24, 2.45) is 61.4 Å². The van der Waals surface area contributed by atoms with Gasteiger partial charge in [0.2, 0.25) is 5.91 Å². The summed E-state index contributed by atoms with van der Waals surface area (Å²) in [6, 6.07) is 0. The van der Waals surface area contributed by atoms with Gasteiger partial charge in [-0.1, -0.05) is 60.1 Å². The third-order valence-corrected chi connectivity index (χ3v) is 14.5. The molecule has 1 amide bonds. The van der Waals surface area contributed by atoms with Crippen LogP contribution >= 0.6 is 0 Å². The summed E-state index contributed by atoms with van der Waals surface area (Å²) in [6.45, 7) is 20.0. The highest BCUT2D eigenvalue weighted by Gasteiger charge is 2.69. The summed E-state index contributed by atoms with van der Waals surface area (Å²) in [6.07, 6.45) is 12.2. The molecule has 6 nitrogen and oxygen atoms in total. The molecule has 0 saturated heterocycles. The van der Waals surface area contributed by atoms with E-state index in [0.29, 0.717) is 11.8 Å². The van der Waals surface area contributed by atoms with Crippen LogP contribution in [0.3, 0.4) is 0 Å². The predicted octanol–water partition coefficient (Wildman–Crippen LogP) is 7.69. The maximum absolute atomic E-state index is 13.1. The van der Waals surface area contributed by atoms with Crippen molar-refractivity contribution in [3.8, 4) is 0 Å². The van der Waals surface area contributed by atoms with Crippen molar-refractivity contribution < 1.29 is 24.2 Å². The van der Waals surface area contributed by atoms with Gasteiger partial charge in [-0.3, -0.25) is 14.4 Å². The van der Waals surface area contributed by atoms with Crippen LogP contribution in [-0.2, 0) is 19.1 Å². The van der Waals surface area contributed by atoms with Crippen LogP contribution in [-0.4, -0.2) is 29.1 Å². The van der Waals surface area contributed by atoms with Crippen LogP contribution < -0.4 is 5.73 Å². The first-order chi connectivity index (χ1) is 19.2. The smallest absolute Gasteiger partial charge is 0.309 e. The fourth-order valence-corrected chi connectivity index (χ4v) is 11.5. The van der Waals surface area contributed by atoms with E-state index in [9.17, 15) is 19.5 Å². The number of nitrogens with two attached hydrogens (primary N) is 1. The molecular formula is C36H57NO5. The number of primary amides is 1. The average molecular weight is 584 g/mol. The van der Waals surface area contributed by atoms with E-state index in [0.717, 1.165) is 64.2 Å². The van der Waals surface area contributed by atoms with E-state index in [2.05, 4.69) is 54.5 Å². The zero-order valence-electron chi connectivity index (χ0n) is 27.8. The molecule has 0 aromatic carbocycles. The Hall–Kier alpha value is -1.85. The number of amides is 1. The summed E-state index contributed by atoms with van der Waals surface area (Å²) >= 11 is 0. The molecule has 0 radical (unpaired) electrons. The second-order valence-electron chi connectivity index (χ2n) is 17.9. The first kappa shape index (κ1) is 31.6. The Morgan fingerprint density at radius 1 is 0.929 bits per heavy atom. The summed E-state index contributed by atoms with van der Waals surface area (Å²) in [7, 11) is 0. The lowest BCUT2D eigenvalue weighted by Gasteiger charge is -2.71. The van der Waals surface area contributed by atoms with E-state index >= 15 is 0 Å². The fourth-order valence-electron chi connectivity index (χ4n) is 11.5. The molecule has 5 rings (SSSR count).